The first-order valence-electron chi connectivity index (χ1n) is 5.55. The molecule has 7 heteroatoms. The Balaban J connectivity index is 2.28. The van der Waals surface area contributed by atoms with Crippen molar-refractivity contribution in [3.8, 4) is 0 Å². The lowest BCUT2D eigenvalue weighted by molar-refractivity contribution is -0.385. The smallest absolute Gasteiger partial charge is 0.319 e. The number of aryl methyl sites for hydroxylation is 2. The van der Waals surface area contributed by atoms with Crippen molar-refractivity contribution in [3.05, 3.63) is 51.3 Å². The zero-order chi connectivity index (χ0) is 14.0. The van der Waals surface area contributed by atoms with Gasteiger partial charge in [0.15, 0.2) is 0 Å². The highest BCUT2D eigenvalue weighted by molar-refractivity contribution is 6.05. The van der Waals surface area contributed by atoms with Gasteiger partial charge in [-0.25, -0.2) is 0 Å². The zero-order valence-corrected chi connectivity index (χ0v) is 10.4. The van der Waals surface area contributed by atoms with Crippen molar-refractivity contribution >= 4 is 17.3 Å². The molecule has 0 aliphatic carbocycles. The van der Waals surface area contributed by atoms with E-state index < -0.39 is 10.8 Å². The van der Waals surface area contributed by atoms with Gasteiger partial charge in [-0.1, -0.05) is 12.1 Å². The molecule has 0 fully saturated rings. The number of anilines is 1. The van der Waals surface area contributed by atoms with Gasteiger partial charge in [0.1, 0.15) is 6.20 Å². The van der Waals surface area contributed by atoms with E-state index in [1.807, 2.05) is 26.0 Å². The fourth-order valence-electron chi connectivity index (χ4n) is 1.64. The number of carbonyl (C=O) groups excluding carboxylic acids is 1. The number of H-pyrrole nitrogens is 1. The lowest BCUT2D eigenvalue weighted by Gasteiger charge is -2.08. The summed E-state index contributed by atoms with van der Waals surface area (Å²) in [6, 6.07) is 5.59. The molecule has 2 aromatic rings. The maximum absolute atomic E-state index is 12.0. The van der Waals surface area contributed by atoms with Crippen molar-refractivity contribution in [1.82, 2.24) is 10.2 Å². The third kappa shape index (κ3) is 2.59. The fraction of sp³-hybridized carbons (Fsp3) is 0.167. The number of benzene rings is 1. The van der Waals surface area contributed by atoms with Crippen LogP contribution in [0.3, 0.4) is 0 Å². The van der Waals surface area contributed by atoms with E-state index >= 15 is 0 Å². The molecule has 1 heterocycles. The van der Waals surface area contributed by atoms with Crippen LogP contribution in [-0.4, -0.2) is 21.0 Å². The van der Waals surface area contributed by atoms with Crippen LogP contribution in [0, 0.1) is 24.0 Å². The Morgan fingerprint density at radius 1 is 1.42 bits per heavy atom. The maximum atomic E-state index is 12.0. The Morgan fingerprint density at radius 3 is 2.84 bits per heavy atom. The van der Waals surface area contributed by atoms with Crippen molar-refractivity contribution in [2.75, 3.05) is 5.32 Å². The van der Waals surface area contributed by atoms with Gasteiger partial charge in [0.25, 0.3) is 5.91 Å². The Morgan fingerprint density at radius 2 is 2.16 bits per heavy atom. The van der Waals surface area contributed by atoms with Gasteiger partial charge in [-0.3, -0.25) is 20.0 Å². The minimum atomic E-state index is -0.651. The molecule has 1 aromatic heterocycles. The predicted molar refractivity (Wildman–Crippen MR) is 69.1 cm³/mol. The summed E-state index contributed by atoms with van der Waals surface area (Å²) in [5, 5.41) is 19.2. The molecule has 1 amide bonds. The average molecular weight is 260 g/mol. The number of amides is 1. The van der Waals surface area contributed by atoms with Crippen LogP contribution in [0.4, 0.5) is 11.4 Å². The monoisotopic (exact) mass is 260 g/mol. The Hall–Kier alpha value is -2.70. The minimum absolute atomic E-state index is 0.161. The van der Waals surface area contributed by atoms with E-state index in [1.165, 1.54) is 0 Å². The lowest BCUT2D eigenvalue weighted by Crippen LogP contribution is -2.15. The van der Waals surface area contributed by atoms with Crippen LogP contribution < -0.4 is 5.32 Å². The minimum Gasteiger partial charge on any atom is -0.320 e. The highest BCUT2D eigenvalue weighted by atomic mass is 16.6. The summed E-state index contributed by atoms with van der Waals surface area (Å²) in [4.78, 5) is 22.1. The maximum Gasteiger partial charge on any atom is 0.319 e. The number of hydrogen-bond acceptors (Lipinski definition) is 4. The summed E-state index contributed by atoms with van der Waals surface area (Å²) in [6.07, 6.45) is 1.01. The molecule has 0 aliphatic heterocycles. The van der Waals surface area contributed by atoms with E-state index in [2.05, 4.69) is 15.5 Å². The Labute approximate surface area is 108 Å². The third-order valence-electron chi connectivity index (χ3n) is 2.68. The quantitative estimate of drug-likeness (QED) is 0.652. The van der Waals surface area contributed by atoms with Crippen molar-refractivity contribution in [2.24, 2.45) is 0 Å². The van der Waals surface area contributed by atoms with Gasteiger partial charge in [0.2, 0.25) is 5.69 Å². The molecule has 0 aliphatic rings. The number of nitrogens with one attached hydrogen (secondary N) is 2. The Bertz CT molecular complexity index is 648. The van der Waals surface area contributed by atoms with Crippen LogP contribution in [0.15, 0.2) is 24.4 Å². The van der Waals surface area contributed by atoms with E-state index in [0.717, 1.165) is 17.3 Å². The molecule has 0 spiro atoms. The number of aromatic nitrogens is 2. The Kier molecular flexibility index (Phi) is 3.28. The number of aromatic amines is 1. The van der Waals surface area contributed by atoms with Gasteiger partial charge >= 0.3 is 5.69 Å². The van der Waals surface area contributed by atoms with Crippen LogP contribution >= 0.6 is 0 Å². The van der Waals surface area contributed by atoms with Crippen LogP contribution in [0.5, 0.6) is 0 Å². The first-order valence-corrected chi connectivity index (χ1v) is 5.55. The van der Waals surface area contributed by atoms with Crippen molar-refractivity contribution in [3.63, 3.8) is 0 Å². The van der Waals surface area contributed by atoms with Crippen LogP contribution in [0.25, 0.3) is 0 Å². The largest absolute Gasteiger partial charge is 0.320 e. The summed E-state index contributed by atoms with van der Waals surface area (Å²) in [5.74, 6) is -0.585. The first kappa shape index (κ1) is 12.7. The van der Waals surface area contributed by atoms with Gasteiger partial charge in [-0.15, -0.1) is 0 Å². The molecule has 0 radical (unpaired) electrons. The molecular weight excluding hydrogens is 248 g/mol. The number of nitro groups is 1. The number of hydrogen-bond donors (Lipinski definition) is 2. The highest BCUT2D eigenvalue weighted by Gasteiger charge is 2.23. The second-order valence-corrected chi connectivity index (χ2v) is 4.16. The molecule has 0 atom stereocenters. The summed E-state index contributed by atoms with van der Waals surface area (Å²) in [5.41, 5.74) is 1.98. The molecule has 7 nitrogen and oxygen atoms in total. The molecule has 0 saturated carbocycles. The molecule has 0 bridgehead atoms. The number of carbonyl (C=O) groups is 1. The van der Waals surface area contributed by atoms with Gasteiger partial charge < -0.3 is 5.32 Å². The molecule has 98 valence electrons. The van der Waals surface area contributed by atoms with E-state index in [1.54, 1.807) is 6.07 Å². The molecule has 0 unspecified atom stereocenters. The zero-order valence-electron chi connectivity index (χ0n) is 10.4. The van der Waals surface area contributed by atoms with E-state index in [9.17, 15) is 14.9 Å². The molecule has 2 rings (SSSR count). The van der Waals surface area contributed by atoms with Crippen LogP contribution in [-0.2, 0) is 0 Å². The second kappa shape index (κ2) is 4.89. The standard InChI is InChI=1S/C12H12N4O3/c1-7-3-4-8(2)9(5-7)14-12(17)11-10(16(18)19)6-13-15-11/h3-6H,1-2H3,(H,13,15)(H,14,17). The SMILES string of the molecule is Cc1ccc(C)c(NC(=O)c2[nH]ncc2[N+](=O)[O-])c1. The van der Waals surface area contributed by atoms with E-state index in [-0.39, 0.29) is 11.4 Å². The molecule has 0 saturated heterocycles. The summed E-state index contributed by atoms with van der Waals surface area (Å²) >= 11 is 0. The number of rotatable bonds is 3. The van der Waals surface area contributed by atoms with Crippen molar-refractivity contribution in [1.29, 1.82) is 0 Å². The first-order chi connectivity index (χ1) is 8.99. The van der Waals surface area contributed by atoms with Gasteiger partial charge in [0, 0.05) is 5.69 Å². The van der Waals surface area contributed by atoms with Crippen molar-refractivity contribution in [2.45, 2.75) is 13.8 Å². The van der Waals surface area contributed by atoms with Crippen LogP contribution in [0.1, 0.15) is 21.6 Å². The van der Waals surface area contributed by atoms with Crippen molar-refractivity contribution < 1.29 is 9.72 Å². The fourth-order valence-corrected chi connectivity index (χ4v) is 1.64. The molecule has 19 heavy (non-hydrogen) atoms. The summed E-state index contributed by atoms with van der Waals surface area (Å²) in [6.45, 7) is 3.74. The predicted octanol–water partition coefficient (Wildman–Crippen LogP) is 2.19. The van der Waals surface area contributed by atoms with Crippen LogP contribution in [0.2, 0.25) is 0 Å². The highest BCUT2D eigenvalue weighted by Crippen LogP contribution is 2.20. The molecule has 1 aromatic carbocycles. The van der Waals surface area contributed by atoms with Gasteiger partial charge in [0.05, 0.1) is 4.92 Å². The third-order valence-corrected chi connectivity index (χ3v) is 2.68. The second-order valence-electron chi connectivity index (χ2n) is 4.16. The molecular formula is C12H12N4O3. The molecule has 2 N–H and O–H groups in total. The normalized spacial score (nSPS) is 10.2. The van der Waals surface area contributed by atoms with E-state index in [4.69, 9.17) is 0 Å². The number of nitrogens with zero attached hydrogens (tertiary/aromatic N) is 2. The summed E-state index contributed by atoms with van der Waals surface area (Å²) in [7, 11) is 0. The van der Waals surface area contributed by atoms with E-state index in [0.29, 0.717) is 5.69 Å². The topological polar surface area (TPSA) is 101 Å². The summed E-state index contributed by atoms with van der Waals surface area (Å²) < 4.78 is 0. The van der Waals surface area contributed by atoms with Gasteiger partial charge in [-0.2, -0.15) is 5.10 Å². The van der Waals surface area contributed by atoms with Gasteiger partial charge in [-0.05, 0) is 31.0 Å². The average Bonchev–Trinajstić information content (AvgIpc) is 2.83. The lowest BCUT2D eigenvalue weighted by atomic mass is 10.1.